The van der Waals surface area contributed by atoms with Crippen LogP contribution in [0.3, 0.4) is 0 Å². The standard InChI is InChI=1S/C18H30N2O/c1-4-15-8-7-11-20(13-15)18(2,14-19)12-16-9-5-6-10-17(16)21-3/h5-6,9-10,15H,4,7-8,11-14,19H2,1-3H3. The molecule has 0 saturated carbocycles. The van der Waals surface area contributed by atoms with Gasteiger partial charge in [-0.05, 0) is 50.3 Å². The lowest BCUT2D eigenvalue weighted by molar-refractivity contribution is 0.0582. The van der Waals surface area contributed by atoms with E-state index in [1.54, 1.807) is 7.11 Å². The van der Waals surface area contributed by atoms with Crippen LogP contribution in [0.4, 0.5) is 0 Å². The molecule has 2 unspecified atom stereocenters. The molecule has 0 amide bonds. The Morgan fingerprint density at radius 2 is 2.14 bits per heavy atom. The average molecular weight is 290 g/mol. The van der Waals surface area contributed by atoms with Gasteiger partial charge in [-0.2, -0.15) is 0 Å². The van der Waals surface area contributed by atoms with Gasteiger partial charge in [-0.25, -0.2) is 0 Å². The van der Waals surface area contributed by atoms with Crippen molar-refractivity contribution in [1.29, 1.82) is 0 Å². The molecule has 0 bridgehead atoms. The minimum absolute atomic E-state index is 0.0163. The first-order valence-electron chi connectivity index (χ1n) is 8.20. The van der Waals surface area contributed by atoms with E-state index in [1.807, 2.05) is 12.1 Å². The van der Waals surface area contributed by atoms with E-state index in [2.05, 4.69) is 30.9 Å². The second-order valence-corrected chi connectivity index (χ2v) is 6.55. The Balaban J connectivity index is 2.16. The number of methoxy groups -OCH3 is 1. The summed E-state index contributed by atoms with van der Waals surface area (Å²) in [5.74, 6) is 1.79. The molecule has 3 heteroatoms. The van der Waals surface area contributed by atoms with Crippen LogP contribution in [-0.4, -0.2) is 37.2 Å². The number of nitrogens with two attached hydrogens (primary N) is 1. The van der Waals surface area contributed by atoms with Gasteiger partial charge < -0.3 is 10.5 Å². The third kappa shape index (κ3) is 3.78. The van der Waals surface area contributed by atoms with Crippen molar-refractivity contribution in [2.45, 2.75) is 45.1 Å². The lowest BCUT2D eigenvalue weighted by Gasteiger charge is -2.45. The number of nitrogens with zero attached hydrogens (tertiary/aromatic N) is 1. The van der Waals surface area contributed by atoms with E-state index >= 15 is 0 Å². The number of hydrogen-bond donors (Lipinski definition) is 1. The molecule has 1 fully saturated rings. The van der Waals surface area contributed by atoms with Crippen LogP contribution in [0.15, 0.2) is 24.3 Å². The number of para-hydroxylation sites is 1. The normalized spacial score (nSPS) is 22.8. The van der Waals surface area contributed by atoms with Gasteiger partial charge in [0.15, 0.2) is 0 Å². The molecule has 1 heterocycles. The van der Waals surface area contributed by atoms with Crippen molar-refractivity contribution in [3.05, 3.63) is 29.8 Å². The van der Waals surface area contributed by atoms with Crippen molar-refractivity contribution >= 4 is 0 Å². The molecule has 2 N–H and O–H groups in total. The molecule has 1 aromatic rings. The van der Waals surface area contributed by atoms with E-state index < -0.39 is 0 Å². The van der Waals surface area contributed by atoms with Crippen LogP contribution in [0.2, 0.25) is 0 Å². The van der Waals surface area contributed by atoms with Crippen LogP contribution in [0.1, 0.15) is 38.7 Å². The van der Waals surface area contributed by atoms with E-state index in [0.29, 0.717) is 6.54 Å². The van der Waals surface area contributed by atoms with Gasteiger partial charge in [0.05, 0.1) is 7.11 Å². The highest BCUT2D eigenvalue weighted by atomic mass is 16.5. The van der Waals surface area contributed by atoms with Crippen LogP contribution in [-0.2, 0) is 6.42 Å². The molecule has 0 aliphatic carbocycles. The Bertz CT molecular complexity index is 449. The number of benzene rings is 1. The van der Waals surface area contributed by atoms with E-state index in [9.17, 15) is 0 Å². The van der Waals surface area contributed by atoms with Crippen molar-refractivity contribution in [3.63, 3.8) is 0 Å². The van der Waals surface area contributed by atoms with Crippen LogP contribution in [0, 0.1) is 5.92 Å². The molecule has 3 nitrogen and oxygen atoms in total. The summed E-state index contributed by atoms with van der Waals surface area (Å²) in [5, 5.41) is 0. The van der Waals surface area contributed by atoms with Crippen LogP contribution >= 0.6 is 0 Å². The SMILES string of the molecule is CCC1CCCN(C(C)(CN)Cc2ccccc2OC)C1. The first-order valence-corrected chi connectivity index (χ1v) is 8.20. The van der Waals surface area contributed by atoms with Gasteiger partial charge in [0, 0.05) is 18.6 Å². The van der Waals surface area contributed by atoms with Crippen molar-refractivity contribution in [2.75, 3.05) is 26.7 Å². The summed E-state index contributed by atoms with van der Waals surface area (Å²) >= 11 is 0. The molecule has 0 aromatic heterocycles. The number of piperidine rings is 1. The Morgan fingerprint density at radius 3 is 2.81 bits per heavy atom. The highest BCUT2D eigenvalue weighted by molar-refractivity contribution is 5.34. The van der Waals surface area contributed by atoms with Gasteiger partial charge in [-0.3, -0.25) is 4.90 Å². The predicted octanol–water partition coefficient (Wildman–Crippen LogP) is 3.08. The third-order valence-corrected chi connectivity index (χ3v) is 5.06. The maximum Gasteiger partial charge on any atom is 0.122 e. The van der Waals surface area contributed by atoms with Crippen LogP contribution in [0.25, 0.3) is 0 Å². The fourth-order valence-corrected chi connectivity index (χ4v) is 3.46. The summed E-state index contributed by atoms with van der Waals surface area (Å²) < 4.78 is 5.51. The van der Waals surface area contributed by atoms with Gasteiger partial charge in [0.1, 0.15) is 5.75 Å². The molecule has 0 spiro atoms. The minimum atomic E-state index is 0.0163. The Hall–Kier alpha value is -1.06. The number of likely N-dealkylation sites (tertiary alicyclic amines) is 1. The molecule has 1 aromatic carbocycles. The van der Waals surface area contributed by atoms with Crippen LogP contribution < -0.4 is 10.5 Å². The van der Waals surface area contributed by atoms with E-state index in [-0.39, 0.29) is 5.54 Å². The largest absolute Gasteiger partial charge is 0.496 e. The second-order valence-electron chi connectivity index (χ2n) is 6.55. The van der Waals surface area contributed by atoms with Crippen molar-refractivity contribution in [3.8, 4) is 5.75 Å². The number of rotatable bonds is 6. The van der Waals surface area contributed by atoms with Gasteiger partial charge >= 0.3 is 0 Å². The number of ether oxygens (including phenoxy) is 1. The summed E-state index contributed by atoms with van der Waals surface area (Å²) in [7, 11) is 1.74. The van der Waals surface area contributed by atoms with Crippen molar-refractivity contribution in [2.24, 2.45) is 11.7 Å². The minimum Gasteiger partial charge on any atom is -0.496 e. The molecule has 118 valence electrons. The zero-order chi connectivity index (χ0) is 15.3. The predicted molar refractivity (Wildman–Crippen MR) is 88.7 cm³/mol. The molecule has 1 aliphatic rings. The smallest absolute Gasteiger partial charge is 0.122 e. The highest BCUT2D eigenvalue weighted by Gasteiger charge is 2.34. The summed E-state index contributed by atoms with van der Waals surface area (Å²) in [6, 6.07) is 8.31. The summed E-state index contributed by atoms with van der Waals surface area (Å²) in [4.78, 5) is 2.61. The topological polar surface area (TPSA) is 38.5 Å². The van der Waals surface area contributed by atoms with Crippen molar-refractivity contribution in [1.82, 2.24) is 4.90 Å². The Kier molecular flexibility index (Phi) is 5.65. The summed E-state index contributed by atoms with van der Waals surface area (Å²) in [5.41, 5.74) is 7.45. The fourth-order valence-electron chi connectivity index (χ4n) is 3.46. The molecule has 1 saturated heterocycles. The molecule has 0 radical (unpaired) electrons. The molecule has 21 heavy (non-hydrogen) atoms. The summed E-state index contributed by atoms with van der Waals surface area (Å²) in [6.45, 7) is 7.63. The highest BCUT2D eigenvalue weighted by Crippen LogP contribution is 2.30. The first-order chi connectivity index (χ1) is 10.1. The maximum atomic E-state index is 6.18. The van der Waals surface area contributed by atoms with E-state index in [4.69, 9.17) is 10.5 Å². The number of hydrogen-bond acceptors (Lipinski definition) is 3. The zero-order valence-corrected chi connectivity index (χ0v) is 13.8. The summed E-state index contributed by atoms with van der Waals surface area (Å²) in [6.07, 6.45) is 4.87. The van der Waals surface area contributed by atoms with Crippen molar-refractivity contribution < 1.29 is 4.74 Å². The Labute approximate surface area is 129 Å². The lowest BCUT2D eigenvalue weighted by atomic mass is 9.86. The van der Waals surface area contributed by atoms with E-state index in [1.165, 1.54) is 37.9 Å². The van der Waals surface area contributed by atoms with Gasteiger partial charge in [0.25, 0.3) is 0 Å². The van der Waals surface area contributed by atoms with Gasteiger partial charge in [-0.1, -0.05) is 31.5 Å². The van der Waals surface area contributed by atoms with Crippen LogP contribution in [0.5, 0.6) is 5.75 Å². The fraction of sp³-hybridized carbons (Fsp3) is 0.667. The lowest BCUT2D eigenvalue weighted by Crippen LogP contribution is -2.56. The average Bonchev–Trinajstić information content (AvgIpc) is 2.55. The zero-order valence-electron chi connectivity index (χ0n) is 13.8. The molecule has 2 rings (SSSR count). The molecule has 1 aliphatic heterocycles. The third-order valence-electron chi connectivity index (χ3n) is 5.06. The second kappa shape index (κ2) is 7.28. The molecule has 2 atom stereocenters. The molecular formula is C18H30N2O. The monoisotopic (exact) mass is 290 g/mol. The maximum absolute atomic E-state index is 6.18. The quantitative estimate of drug-likeness (QED) is 0.875. The van der Waals surface area contributed by atoms with Gasteiger partial charge in [-0.15, -0.1) is 0 Å². The Morgan fingerprint density at radius 1 is 1.38 bits per heavy atom. The molecular weight excluding hydrogens is 260 g/mol. The van der Waals surface area contributed by atoms with Gasteiger partial charge in [0.2, 0.25) is 0 Å². The first kappa shape index (κ1) is 16.3. The van der Waals surface area contributed by atoms with E-state index in [0.717, 1.165) is 18.1 Å².